The molecule has 0 aliphatic heterocycles. The standard InChI is InChI=1S/C15H20N2S/c1-11-5-3-2-4-6-13(11)17-15-12-8-10-18-14(12)7-9-16-15/h7-11,13H,2-6H2,1H3,(H,16,17). The molecular weight excluding hydrogens is 240 g/mol. The highest BCUT2D eigenvalue weighted by Gasteiger charge is 2.20. The first-order valence-corrected chi connectivity index (χ1v) is 7.81. The fraction of sp³-hybridized carbons (Fsp3) is 0.533. The molecule has 2 aromatic heterocycles. The smallest absolute Gasteiger partial charge is 0.134 e. The molecule has 0 amide bonds. The largest absolute Gasteiger partial charge is 0.367 e. The molecule has 2 unspecified atom stereocenters. The Morgan fingerprint density at radius 2 is 2.11 bits per heavy atom. The number of thiophene rings is 1. The third-order valence-corrected chi connectivity index (χ3v) is 4.95. The van der Waals surface area contributed by atoms with E-state index < -0.39 is 0 Å². The number of nitrogens with zero attached hydrogens (tertiary/aromatic N) is 1. The Labute approximate surface area is 112 Å². The molecule has 0 bridgehead atoms. The first-order valence-electron chi connectivity index (χ1n) is 6.93. The number of rotatable bonds is 2. The molecule has 96 valence electrons. The van der Waals surface area contributed by atoms with Crippen molar-refractivity contribution in [2.75, 3.05) is 5.32 Å². The molecule has 2 atom stereocenters. The SMILES string of the molecule is CC1CCCCCC1Nc1nccc2sccc12. The highest BCUT2D eigenvalue weighted by atomic mass is 32.1. The number of aromatic nitrogens is 1. The summed E-state index contributed by atoms with van der Waals surface area (Å²) in [5, 5.41) is 7.12. The molecule has 0 saturated heterocycles. The van der Waals surface area contributed by atoms with Crippen molar-refractivity contribution < 1.29 is 0 Å². The van der Waals surface area contributed by atoms with Crippen LogP contribution >= 0.6 is 11.3 Å². The second kappa shape index (κ2) is 5.27. The summed E-state index contributed by atoms with van der Waals surface area (Å²) in [4.78, 5) is 4.53. The van der Waals surface area contributed by atoms with Crippen molar-refractivity contribution in [1.82, 2.24) is 4.98 Å². The zero-order valence-electron chi connectivity index (χ0n) is 10.9. The number of nitrogens with one attached hydrogen (secondary N) is 1. The van der Waals surface area contributed by atoms with Crippen LogP contribution in [-0.2, 0) is 0 Å². The van der Waals surface area contributed by atoms with Gasteiger partial charge in [-0.15, -0.1) is 11.3 Å². The van der Waals surface area contributed by atoms with Crippen LogP contribution in [0.15, 0.2) is 23.7 Å². The van der Waals surface area contributed by atoms with E-state index in [1.807, 2.05) is 6.20 Å². The van der Waals surface area contributed by atoms with Crippen molar-refractivity contribution in [2.24, 2.45) is 5.92 Å². The fourth-order valence-corrected chi connectivity index (χ4v) is 3.67. The van der Waals surface area contributed by atoms with Crippen LogP contribution in [-0.4, -0.2) is 11.0 Å². The molecule has 2 heterocycles. The Kier molecular flexibility index (Phi) is 3.50. The molecule has 3 heteroatoms. The first-order chi connectivity index (χ1) is 8.84. The number of anilines is 1. The van der Waals surface area contributed by atoms with Crippen LogP contribution in [0.5, 0.6) is 0 Å². The molecule has 0 aromatic carbocycles. The molecule has 2 nitrogen and oxygen atoms in total. The lowest BCUT2D eigenvalue weighted by molar-refractivity contribution is 0.456. The number of fused-ring (bicyclic) bond motifs is 1. The minimum Gasteiger partial charge on any atom is -0.367 e. The summed E-state index contributed by atoms with van der Waals surface area (Å²) in [7, 11) is 0. The Morgan fingerprint density at radius 3 is 3.06 bits per heavy atom. The monoisotopic (exact) mass is 260 g/mol. The Balaban J connectivity index is 1.84. The zero-order valence-corrected chi connectivity index (χ0v) is 11.7. The molecule has 2 aromatic rings. The van der Waals surface area contributed by atoms with Crippen molar-refractivity contribution in [2.45, 2.75) is 45.1 Å². The molecule has 0 spiro atoms. The van der Waals surface area contributed by atoms with Gasteiger partial charge in [-0.3, -0.25) is 0 Å². The van der Waals surface area contributed by atoms with Crippen molar-refractivity contribution >= 4 is 27.2 Å². The topological polar surface area (TPSA) is 24.9 Å². The van der Waals surface area contributed by atoms with Crippen LogP contribution in [0.1, 0.15) is 39.0 Å². The Hall–Kier alpha value is -1.09. The van der Waals surface area contributed by atoms with Gasteiger partial charge in [0.15, 0.2) is 0 Å². The zero-order chi connectivity index (χ0) is 12.4. The maximum atomic E-state index is 4.53. The summed E-state index contributed by atoms with van der Waals surface area (Å²) in [5.41, 5.74) is 0. The summed E-state index contributed by atoms with van der Waals surface area (Å²) in [6, 6.07) is 4.86. The van der Waals surface area contributed by atoms with Gasteiger partial charge in [-0.1, -0.05) is 26.2 Å². The summed E-state index contributed by atoms with van der Waals surface area (Å²) in [6.07, 6.45) is 8.67. The first kappa shape index (κ1) is 12.0. The highest BCUT2D eigenvalue weighted by Crippen LogP contribution is 2.30. The lowest BCUT2D eigenvalue weighted by Crippen LogP contribution is -2.26. The predicted octanol–water partition coefficient (Wildman–Crippen LogP) is 4.68. The maximum absolute atomic E-state index is 4.53. The molecule has 18 heavy (non-hydrogen) atoms. The maximum Gasteiger partial charge on any atom is 0.134 e. The number of hydrogen-bond acceptors (Lipinski definition) is 3. The average molecular weight is 260 g/mol. The van der Waals surface area contributed by atoms with E-state index in [2.05, 4.69) is 34.7 Å². The number of pyridine rings is 1. The van der Waals surface area contributed by atoms with Gasteiger partial charge < -0.3 is 5.32 Å². The summed E-state index contributed by atoms with van der Waals surface area (Å²) in [5.74, 6) is 1.83. The van der Waals surface area contributed by atoms with E-state index in [0.717, 1.165) is 11.7 Å². The summed E-state index contributed by atoms with van der Waals surface area (Å²) in [6.45, 7) is 2.37. The lowest BCUT2D eigenvalue weighted by atomic mass is 9.97. The van der Waals surface area contributed by atoms with Crippen molar-refractivity contribution in [3.63, 3.8) is 0 Å². The van der Waals surface area contributed by atoms with Crippen molar-refractivity contribution in [3.8, 4) is 0 Å². The van der Waals surface area contributed by atoms with Gasteiger partial charge in [0.2, 0.25) is 0 Å². The highest BCUT2D eigenvalue weighted by molar-refractivity contribution is 7.17. The van der Waals surface area contributed by atoms with Crippen LogP contribution in [0.2, 0.25) is 0 Å². The predicted molar refractivity (Wildman–Crippen MR) is 79.3 cm³/mol. The van der Waals surface area contributed by atoms with Gasteiger partial charge in [-0.25, -0.2) is 4.98 Å². The normalized spacial score (nSPS) is 24.9. The Morgan fingerprint density at radius 1 is 1.22 bits per heavy atom. The number of hydrogen-bond donors (Lipinski definition) is 1. The van der Waals surface area contributed by atoms with E-state index in [1.54, 1.807) is 11.3 Å². The van der Waals surface area contributed by atoms with Crippen molar-refractivity contribution in [3.05, 3.63) is 23.7 Å². The fourth-order valence-electron chi connectivity index (χ4n) is 2.89. The van der Waals surface area contributed by atoms with E-state index in [0.29, 0.717) is 6.04 Å². The average Bonchev–Trinajstić information content (AvgIpc) is 2.77. The molecule has 3 rings (SSSR count). The van der Waals surface area contributed by atoms with Gasteiger partial charge in [-0.05, 0) is 36.3 Å². The van der Waals surface area contributed by atoms with Crippen LogP contribution in [0, 0.1) is 5.92 Å². The quantitative estimate of drug-likeness (QED) is 0.793. The van der Waals surface area contributed by atoms with E-state index in [4.69, 9.17) is 0 Å². The van der Waals surface area contributed by atoms with E-state index in [9.17, 15) is 0 Å². The summed E-state index contributed by atoms with van der Waals surface area (Å²) >= 11 is 1.79. The van der Waals surface area contributed by atoms with Crippen LogP contribution < -0.4 is 5.32 Å². The van der Waals surface area contributed by atoms with Gasteiger partial charge in [0.25, 0.3) is 0 Å². The molecule has 1 aliphatic carbocycles. The van der Waals surface area contributed by atoms with Crippen LogP contribution in [0.4, 0.5) is 5.82 Å². The van der Waals surface area contributed by atoms with Gasteiger partial charge in [-0.2, -0.15) is 0 Å². The second-order valence-electron chi connectivity index (χ2n) is 5.36. The minimum absolute atomic E-state index is 0.588. The van der Waals surface area contributed by atoms with E-state index >= 15 is 0 Å². The minimum atomic E-state index is 0.588. The second-order valence-corrected chi connectivity index (χ2v) is 6.31. The van der Waals surface area contributed by atoms with Crippen LogP contribution in [0.25, 0.3) is 10.1 Å². The third-order valence-electron chi connectivity index (χ3n) is 4.06. The van der Waals surface area contributed by atoms with E-state index in [-0.39, 0.29) is 0 Å². The van der Waals surface area contributed by atoms with E-state index in [1.165, 1.54) is 42.2 Å². The van der Waals surface area contributed by atoms with Gasteiger partial charge in [0.05, 0.1) is 0 Å². The van der Waals surface area contributed by atoms with Gasteiger partial charge in [0, 0.05) is 22.3 Å². The molecule has 0 radical (unpaired) electrons. The molecule has 1 N–H and O–H groups in total. The molecular formula is C15H20N2S. The van der Waals surface area contributed by atoms with Crippen molar-refractivity contribution in [1.29, 1.82) is 0 Å². The molecule has 1 fully saturated rings. The lowest BCUT2D eigenvalue weighted by Gasteiger charge is -2.23. The Bertz CT molecular complexity index is 520. The molecule has 1 aliphatic rings. The van der Waals surface area contributed by atoms with Gasteiger partial charge in [0.1, 0.15) is 5.82 Å². The summed E-state index contributed by atoms with van der Waals surface area (Å²) < 4.78 is 1.33. The van der Waals surface area contributed by atoms with Gasteiger partial charge >= 0.3 is 0 Å². The van der Waals surface area contributed by atoms with Crippen LogP contribution in [0.3, 0.4) is 0 Å². The third kappa shape index (κ3) is 2.37. The molecule has 1 saturated carbocycles.